The lowest BCUT2D eigenvalue weighted by molar-refractivity contribution is -0.140. The summed E-state index contributed by atoms with van der Waals surface area (Å²) in [5, 5.41) is 0. The van der Waals surface area contributed by atoms with Crippen LogP contribution < -0.4 is 0 Å². The second-order valence-electron chi connectivity index (χ2n) is 10.2. The summed E-state index contributed by atoms with van der Waals surface area (Å²) in [5.74, 6) is 6.01. The SMILES string of the molecule is CC1CC2=CC(=O)CC[C@@H]2C2CC[C@@]3(C)C(C4CC4[C@@]34C=CCO4)C12. The summed E-state index contributed by atoms with van der Waals surface area (Å²) in [7, 11) is 0. The van der Waals surface area contributed by atoms with Gasteiger partial charge < -0.3 is 4.74 Å². The predicted molar refractivity (Wildman–Crippen MR) is 96.8 cm³/mol. The molecular weight excluding hydrogens is 308 g/mol. The molecule has 0 aromatic rings. The van der Waals surface area contributed by atoms with Gasteiger partial charge in [-0.25, -0.2) is 0 Å². The standard InChI is InChI=1S/C23H30O2/c1-13-10-14-11-15(24)4-5-16(14)17-6-8-22(2)21(20(13)17)18-12-19(18)23(22)7-3-9-25-23/h3,7,11,13,16-21H,4-6,8-10,12H2,1-2H3/t13?,16-,17?,18?,19?,20?,21?,22-,23-/m0/s1. The maximum atomic E-state index is 11.9. The molecule has 0 amide bonds. The van der Waals surface area contributed by atoms with E-state index in [1.165, 1.54) is 31.3 Å². The minimum Gasteiger partial charge on any atom is -0.366 e. The largest absolute Gasteiger partial charge is 0.366 e. The van der Waals surface area contributed by atoms with E-state index in [0.29, 0.717) is 17.1 Å². The first kappa shape index (κ1) is 15.2. The maximum Gasteiger partial charge on any atom is 0.155 e. The molecule has 0 N–H and O–H groups in total. The first-order chi connectivity index (χ1) is 12.1. The summed E-state index contributed by atoms with van der Waals surface area (Å²) in [6.45, 7) is 5.87. The molecule has 1 spiro atoms. The van der Waals surface area contributed by atoms with Crippen LogP contribution in [-0.4, -0.2) is 18.0 Å². The van der Waals surface area contributed by atoms with Crippen molar-refractivity contribution in [3.8, 4) is 0 Å². The molecule has 0 radical (unpaired) electrons. The van der Waals surface area contributed by atoms with Crippen molar-refractivity contribution >= 4 is 5.78 Å². The molecule has 2 nitrogen and oxygen atoms in total. The summed E-state index contributed by atoms with van der Waals surface area (Å²) in [6.07, 6.45) is 13.9. The van der Waals surface area contributed by atoms with Crippen LogP contribution in [-0.2, 0) is 9.53 Å². The highest BCUT2D eigenvalue weighted by Crippen LogP contribution is 2.78. The van der Waals surface area contributed by atoms with Gasteiger partial charge in [-0.1, -0.05) is 31.6 Å². The topological polar surface area (TPSA) is 26.3 Å². The van der Waals surface area contributed by atoms with E-state index < -0.39 is 0 Å². The number of ether oxygens (including phenoxy) is 1. The Morgan fingerprint density at radius 3 is 2.92 bits per heavy atom. The quantitative estimate of drug-likeness (QED) is 0.606. The van der Waals surface area contributed by atoms with Crippen LogP contribution in [0.15, 0.2) is 23.8 Å². The van der Waals surface area contributed by atoms with E-state index in [1.807, 2.05) is 6.08 Å². The van der Waals surface area contributed by atoms with Crippen LogP contribution in [0.1, 0.15) is 52.4 Å². The van der Waals surface area contributed by atoms with E-state index in [4.69, 9.17) is 4.74 Å². The molecule has 1 heterocycles. The highest BCUT2D eigenvalue weighted by molar-refractivity contribution is 5.91. The smallest absolute Gasteiger partial charge is 0.155 e. The number of rotatable bonds is 0. The molecule has 134 valence electrons. The fraction of sp³-hybridized carbons (Fsp3) is 0.783. The van der Waals surface area contributed by atoms with Gasteiger partial charge in [-0.05, 0) is 79.6 Å². The third-order valence-electron chi connectivity index (χ3n) is 9.43. The summed E-state index contributed by atoms with van der Waals surface area (Å²) >= 11 is 0. The van der Waals surface area contributed by atoms with Crippen molar-refractivity contribution in [3.63, 3.8) is 0 Å². The lowest BCUT2D eigenvalue weighted by atomic mass is 9.47. The van der Waals surface area contributed by atoms with Gasteiger partial charge in [-0.2, -0.15) is 0 Å². The van der Waals surface area contributed by atoms with Crippen molar-refractivity contribution in [3.05, 3.63) is 23.8 Å². The second-order valence-corrected chi connectivity index (χ2v) is 10.2. The maximum absolute atomic E-state index is 11.9. The van der Waals surface area contributed by atoms with E-state index >= 15 is 0 Å². The van der Waals surface area contributed by atoms with Gasteiger partial charge >= 0.3 is 0 Å². The van der Waals surface area contributed by atoms with Crippen LogP contribution in [0.25, 0.3) is 0 Å². The molecule has 0 saturated heterocycles. The van der Waals surface area contributed by atoms with Gasteiger partial charge in [-0.3, -0.25) is 4.79 Å². The van der Waals surface area contributed by atoms with Crippen LogP contribution >= 0.6 is 0 Å². The van der Waals surface area contributed by atoms with E-state index in [2.05, 4.69) is 26.0 Å². The number of fused-ring (bicyclic) bond motifs is 9. The molecule has 6 aliphatic rings. The second kappa shape index (κ2) is 4.68. The van der Waals surface area contributed by atoms with Crippen LogP contribution in [0, 0.1) is 46.8 Å². The average Bonchev–Trinajstić information content (AvgIpc) is 3.15. The molecule has 25 heavy (non-hydrogen) atoms. The fourth-order valence-corrected chi connectivity index (χ4v) is 8.62. The average molecular weight is 338 g/mol. The molecule has 0 aromatic carbocycles. The van der Waals surface area contributed by atoms with Gasteiger partial charge in [0.25, 0.3) is 0 Å². The Balaban J connectivity index is 1.41. The minimum absolute atomic E-state index is 0.0612. The van der Waals surface area contributed by atoms with Crippen LogP contribution in [0.4, 0.5) is 0 Å². The van der Waals surface area contributed by atoms with Gasteiger partial charge in [0, 0.05) is 11.8 Å². The normalized spacial score (nSPS) is 58.4. The van der Waals surface area contributed by atoms with Crippen molar-refractivity contribution in [1.29, 1.82) is 0 Å². The Morgan fingerprint density at radius 2 is 2.12 bits per heavy atom. The molecular formula is C23H30O2. The lowest BCUT2D eigenvalue weighted by Crippen LogP contribution is -2.56. The lowest BCUT2D eigenvalue weighted by Gasteiger charge is -2.59. The van der Waals surface area contributed by atoms with Crippen LogP contribution in [0.3, 0.4) is 0 Å². The summed E-state index contributed by atoms with van der Waals surface area (Å²) in [4.78, 5) is 11.9. The molecule has 2 heteroatoms. The monoisotopic (exact) mass is 338 g/mol. The number of ketones is 1. The van der Waals surface area contributed by atoms with Crippen molar-refractivity contribution < 1.29 is 9.53 Å². The van der Waals surface area contributed by atoms with Crippen molar-refractivity contribution in [2.24, 2.45) is 46.8 Å². The van der Waals surface area contributed by atoms with Gasteiger partial charge in [0.05, 0.1) is 12.2 Å². The molecule has 0 bridgehead atoms. The molecule has 0 aromatic heterocycles. The fourth-order valence-electron chi connectivity index (χ4n) is 8.62. The van der Waals surface area contributed by atoms with E-state index in [-0.39, 0.29) is 5.60 Å². The Hall–Kier alpha value is -0.890. The third kappa shape index (κ3) is 1.69. The van der Waals surface area contributed by atoms with Gasteiger partial charge in [0.15, 0.2) is 5.78 Å². The summed E-state index contributed by atoms with van der Waals surface area (Å²) < 4.78 is 6.50. The predicted octanol–water partition coefficient (Wildman–Crippen LogP) is 4.56. The molecule has 9 atom stereocenters. The Labute approximate surface area is 151 Å². The minimum atomic E-state index is 0.0612. The first-order valence-corrected chi connectivity index (χ1v) is 10.6. The van der Waals surface area contributed by atoms with Crippen molar-refractivity contribution in [2.75, 3.05) is 6.61 Å². The van der Waals surface area contributed by atoms with E-state index in [0.717, 1.165) is 55.0 Å². The number of carbonyl (C=O) groups is 1. The molecule has 4 saturated carbocycles. The summed E-state index contributed by atoms with van der Waals surface area (Å²) in [6, 6.07) is 0. The van der Waals surface area contributed by atoms with Crippen LogP contribution in [0.5, 0.6) is 0 Å². The van der Waals surface area contributed by atoms with Crippen LogP contribution in [0.2, 0.25) is 0 Å². The zero-order valence-corrected chi connectivity index (χ0v) is 15.5. The first-order valence-electron chi connectivity index (χ1n) is 10.6. The van der Waals surface area contributed by atoms with Crippen molar-refractivity contribution in [2.45, 2.75) is 58.0 Å². The zero-order valence-electron chi connectivity index (χ0n) is 15.5. The van der Waals surface area contributed by atoms with E-state index in [9.17, 15) is 4.79 Å². The van der Waals surface area contributed by atoms with E-state index in [1.54, 1.807) is 0 Å². The Kier molecular flexibility index (Phi) is 2.85. The number of carbonyl (C=O) groups excluding carboxylic acids is 1. The van der Waals surface area contributed by atoms with Gasteiger partial charge in [0.1, 0.15) is 0 Å². The molecule has 5 aliphatic carbocycles. The van der Waals surface area contributed by atoms with Crippen molar-refractivity contribution in [1.82, 2.24) is 0 Å². The molecule has 6 rings (SSSR count). The molecule has 4 fully saturated rings. The molecule has 1 aliphatic heterocycles. The number of allylic oxidation sites excluding steroid dienone is 1. The Morgan fingerprint density at radius 1 is 1.24 bits per heavy atom. The highest BCUT2D eigenvalue weighted by atomic mass is 16.5. The van der Waals surface area contributed by atoms with Gasteiger partial charge in [0.2, 0.25) is 0 Å². The summed E-state index contributed by atoms with van der Waals surface area (Å²) in [5.41, 5.74) is 1.91. The zero-order chi connectivity index (χ0) is 17.0. The molecule has 6 unspecified atom stereocenters. The Bertz CT molecular complexity index is 705. The third-order valence-corrected chi connectivity index (χ3v) is 9.43. The highest BCUT2D eigenvalue weighted by Gasteiger charge is 2.76. The van der Waals surface area contributed by atoms with Gasteiger partial charge in [-0.15, -0.1) is 0 Å². The number of hydrogen-bond donors (Lipinski definition) is 0. The number of hydrogen-bond acceptors (Lipinski definition) is 2.